The van der Waals surface area contributed by atoms with Gasteiger partial charge in [-0.3, -0.25) is 0 Å². The van der Waals surface area contributed by atoms with E-state index >= 15 is 0 Å². The van der Waals surface area contributed by atoms with Crippen LogP contribution in [0.1, 0.15) is 33.1 Å². The number of hydrogen-bond donors (Lipinski definition) is 0. The first-order valence-corrected chi connectivity index (χ1v) is 11.0. The van der Waals surface area contributed by atoms with E-state index in [-0.39, 0.29) is 6.10 Å². The van der Waals surface area contributed by atoms with Crippen LogP contribution in [-0.4, -0.2) is 24.3 Å². The fraction of sp³-hybridized carbons (Fsp3) is 0.381. The predicted molar refractivity (Wildman–Crippen MR) is 107 cm³/mol. The molecule has 5 heteroatoms. The number of nitrogens with zero attached hydrogens (tertiary/aromatic N) is 1. The summed E-state index contributed by atoms with van der Waals surface area (Å²) in [6, 6.07) is 19.2. The summed E-state index contributed by atoms with van der Waals surface area (Å²) in [5.41, 5.74) is 1.02. The maximum atomic E-state index is 14.5. The highest BCUT2D eigenvalue weighted by Crippen LogP contribution is 2.52. The largest absolute Gasteiger partial charge is 0.389 e. The van der Waals surface area contributed by atoms with Gasteiger partial charge >= 0.3 is 0 Å². The Kier molecular flexibility index (Phi) is 6.29. The molecule has 1 heterocycles. The van der Waals surface area contributed by atoms with Crippen LogP contribution in [0.3, 0.4) is 0 Å². The molecule has 0 aliphatic carbocycles. The molecule has 26 heavy (non-hydrogen) atoms. The van der Waals surface area contributed by atoms with E-state index in [9.17, 15) is 4.57 Å². The topological polar surface area (TPSA) is 47.9 Å². The molecule has 138 valence electrons. The van der Waals surface area contributed by atoms with Crippen LogP contribution >= 0.6 is 7.14 Å². The van der Waals surface area contributed by atoms with Crippen molar-refractivity contribution in [1.29, 1.82) is 0 Å². The Morgan fingerprint density at radius 3 is 2.15 bits per heavy atom. The minimum atomic E-state index is -3.07. The van der Waals surface area contributed by atoms with Crippen LogP contribution in [0.5, 0.6) is 0 Å². The highest BCUT2D eigenvalue weighted by atomic mass is 31.2. The van der Waals surface area contributed by atoms with E-state index in [4.69, 9.17) is 9.57 Å². The third-order valence-electron chi connectivity index (χ3n) is 4.59. The monoisotopic (exact) mass is 371 g/mol. The molecular weight excluding hydrogens is 345 g/mol. The van der Waals surface area contributed by atoms with Crippen molar-refractivity contribution >= 4 is 23.5 Å². The van der Waals surface area contributed by atoms with Gasteiger partial charge in [-0.15, -0.1) is 0 Å². The van der Waals surface area contributed by atoms with Crippen molar-refractivity contribution in [2.75, 3.05) is 6.61 Å². The van der Waals surface area contributed by atoms with Gasteiger partial charge in [0.2, 0.25) is 0 Å². The van der Waals surface area contributed by atoms with E-state index in [0.29, 0.717) is 13.0 Å². The van der Waals surface area contributed by atoms with Gasteiger partial charge in [-0.25, -0.2) is 0 Å². The standard InChI is InChI=1S/C21H26NO3P/c1-3-11-17-16-20(25-22-17)21(24-4-2)26(23,18-12-7-5-8-13-18)19-14-9-6-10-15-19/h5-10,12-15,20-21H,3-4,11,16H2,1-2H3/t20-,21+/m1/s1. The lowest BCUT2D eigenvalue weighted by atomic mass is 10.1. The van der Waals surface area contributed by atoms with Crippen LogP contribution in [0.15, 0.2) is 65.8 Å². The summed E-state index contributed by atoms with van der Waals surface area (Å²) < 4.78 is 20.6. The maximum absolute atomic E-state index is 14.5. The van der Waals surface area contributed by atoms with Gasteiger partial charge in [0.05, 0.1) is 5.71 Å². The first-order chi connectivity index (χ1) is 12.7. The summed E-state index contributed by atoms with van der Waals surface area (Å²) in [5.74, 6) is -0.560. The number of benzene rings is 2. The first-order valence-electron chi connectivity index (χ1n) is 9.24. The molecule has 0 aromatic heterocycles. The molecule has 4 nitrogen and oxygen atoms in total. The minimum Gasteiger partial charge on any atom is -0.389 e. The first kappa shape index (κ1) is 18.9. The lowest BCUT2D eigenvalue weighted by molar-refractivity contribution is -0.0161. The molecule has 0 N–H and O–H groups in total. The Balaban J connectivity index is 2.03. The fourth-order valence-electron chi connectivity index (χ4n) is 3.40. The highest BCUT2D eigenvalue weighted by molar-refractivity contribution is 7.79. The maximum Gasteiger partial charge on any atom is 0.174 e. The summed E-state index contributed by atoms with van der Waals surface area (Å²) >= 11 is 0. The molecule has 0 bridgehead atoms. The Labute approximate surface area is 155 Å². The predicted octanol–water partition coefficient (Wildman–Crippen LogP) is 4.31. The average Bonchev–Trinajstić information content (AvgIpc) is 3.15. The van der Waals surface area contributed by atoms with Crippen molar-refractivity contribution in [2.24, 2.45) is 5.16 Å². The van der Waals surface area contributed by atoms with E-state index in [1.165, 1.54) is 0 Å². The van der Waals surface area contributed by atoms with Crippen LogP contribution in [0, 0.1) is 0 Å². The van der Waals surface area contributed by atoms with Gasteiger partial charge in [-0.05, 0) is 13.3 Å². The molecule has 0 unspecified atom stereocenters. The Morgan fingerprint density at radius 1 is 1.08 bits per heavy atom. The van der Waals surface area contributed by atoms with Crippen molar-refractivity contribution in [3.05, 3.63) is 60.7 Å². The Bertz CT molecular complexity index is 733. The van der Waals surface area contributed by atoms with Crippen molar-refractivity contribution in [3.63, 3.8) is 0 Å². The van der Waals surface area contributed by atoms with Gasteiger partial charge in [-0.2, -0.15) is 0 Å². The second-order valence-electron chi connectivity index (χ2n) is 6.43. The molecule has 1 aliphatic rings. The summed E-state index contributed by atoms with van der Waals surface area (Å²) in [4.78, 5) is 5.71. The molecule has 0 saturated heterocycles. The van der Waals surface area contributed by atoms with Crippen LogP contribution in [0.2, 0.25) is 0 Å². The zero-order chi connectivity index (χ0) is 18.4. The Hall–Kier alpha value is -1.90. The van der Waals surface area contributed by atoms with E-state index in [1.54, 1.807) is 0 Å². The summed E-state index contributed by atoms with van der Waals surface area (Å²) in [7, 11) is -3.07. The SMILES string of the molecule is CCCC1=NO[C@@H]([C@@H](OCC)P(=O)(c2ccccc2)c2ccccc2)C1. The third-order valence-corrected chi connectivity index (χ3v) is 7.91. The molecule has 0 spiro atoms. The van der Waals surface area contributed by atoms with Crippen molar-refractivity contribution in [2.45, 2.75) is 45.1 Å². The number of oxime groups is 1. The lowest BCUT2D eigenvalue weighted by Crippen LogP contribution is -2.37. The van der Waals surface area contributed by atoms with Crippen LogP contribution in [0.25, 0.3) is 0 Å². The molecule has 0 fully saturated rings. The third kappa shape index (κ3) is 3.77. The van der Waals surface area contributed by atoms with E-state index in [0.717, 1.165) is 29.2 Å². The molecule has 2 aromatic carbocycles. The van der Waals surface area contributed by atoms with Gasteiger partial charge in [0.25, 0.3) is 0 Å². The van der Waals surface area contributed by atoms with Gasteiger partial charge < -0.3 is 14.1 Å². The summed E-state index contributed by atoms with van der Waals surface area (Å²) in [6.07, 6.45) is 2.25. The van der Waals surface area contributed by atoms with E-state index < -0.39 is 13.0 Å². The highest BCUT2D eigenvalue weighted by Gasteiger charge is 2.45. The second-order valence-corrected chi connectivity index (χ2v) is 9.29. The van der Waals surface area contributed by atoms with Crippen LogP contribution in [-0.2, 0) is 14.1 Å². The quantitative estimate of drug-likeness (QED) is 0.650. The molecule has 3 rings (SSSR count). The summed E-state index contributed by atoms with van der Waals surface area (Å²) in [6.45, 7) is 4.52. The second kappa shape index (κ2) is 8.66. The van der Waals surface area contributed by atoms with Gasteiger partial charge in [0.1, 0.15) is 0 Å². The average molecular weight is 371 g/mol. The zero-order valence-corrected chi connectivity index (χ0v) is 16.3. The van der Waals surface area contributed by atoms with Crippen molar-refractivity contribution in [1.82, 2.24) is 0 Å². The van der Waals surface area contributed by atoms with Gasteiger partial charge in [0, 0.05) is 23.6 Å². The molecule has 0 saturated carbocycles. The zero-order valence-electron chi connectivity index (χ0n) is 15.4. The van der Waals surface area contributed by atoms with E-state index in [1.807, 2.05) is 67.6 Å². The van der Waals surface area contributed by atoms with Crippen molar-refractivity contribution in [3.8, 4) is 0 Å². The van der Waals surface area contributed by atoms with Crippen molar-refractivity contribution < 1.29 is 14.1 Å². The smallest absolute Gasteiger partial charge is 0.174 e. The van der Waals surface area contributed by atoms with Gasteiger partial charge in [-0.1, -0.05) is 79.2 Å². The summed E-state index contributed by atoms with van der Waals surface area (Å²) in [5, 5.41) is 5.80. The molecule has 2 atom stereocenters. The molecule has 0 amide bonds. The normalized spacial score (nSPS) is 18.2. The number of hydrogen-bond acceptors (Lipinski definition) is 4. The van der Waals surface area contributed by atoms with E-state index in [2.05, 4.69) is 12.1 Å². The molecule has 2 aromatic rings. The molecule has 1 aliphatic heterocycles. The van der Waals surface area contributed by atoms with Crippen LogP contribution < -0.4 is 10.6 Å². The van der Waals surface area contributed by atoms with Crippen LogP contribution in [0.4, 0.5) is 0 Å². The molecular formula is C21H26NO3P. The Morgan fingerprint density at radius 2 is 1.65 bits per heavy atom. The number of ether oxygens (including phenoxy) is 1. The van der Waals surface area contributed by atoms with Gasteiger partial charge in [0.15, 0.2) is 19.1 Å². The number of rotatable bonds is 8. The molecule has 0 radical (unpaired) electrons. The lowest BCUT2D eigenvalue weighted by Gasteiger charge is -2.31. The minimum absolute atomic E-state index is 0.331. The fourth-order valence-corrected chi connectivity index (χ4v) is 6.50.